The molecule has 21 heavy (non-hydrogen) atoms. The molecule has 0 radical (unpaired) electrons. The Bertz CT molecular complexity index is 457. The molecule has 1 unspecified atom stereocenters. The second-order valence-electron chi connectivity index (χ2n) is 5.18. The SMILES string of the molecule is CCCCCc1ccc(NC(=O)C(N)CCC(=O)O)cc1. The first-order valence-corrected chi connectivity index (χ1v) is 7.40. The number of hydrogen-bond donors (Lipinski definition) is 3. The van der Waals surface area contributed by atoms with E-state index < -0.39 is 12.0 Å². The molecule has 1 rings (SSSR count). The fraction of sp³-hybridized carbons (Fsp3) is 0.500. The van der Waals surface area contributed by atoms with Crippen molar-refractivity contribution in [1.82, 2.24) is 0 Å². The maximum Gasteiger partial charge on any atom is 0.303 e. The molecule has 0 spiro atoms. The summed E-state index contributed by atoms with van der Waals surface area (Å²) in [5, 5.41) is 11.3. The maximum atomic E-state index is 11.8. The predicted molar refractivity (Wildman–Crippen MR) is 83.1 cm³/mol. The summed E-state index contributed by atoms with van der Waals surface area (Å²) < 4.78 is 0. The van der Waals surface area contributed by atoms with Gasteiger partial charge in [0.15, 0.2) is 0 Å². The first-order valence-electron chi connectivity index (χ1n) is 7.40. The summed E-state index contributed by atoms with van der Waals surface area (Å²) in [6.07, 6.45) is 4.66. The molecule has 0 saturated carbocycles. The van der Waals surface area contributed by atoms with E-state index in [1.807, 2.05) is 24.3 Å². The van der Waals surface area contributed by atoms with Crippen LogP contribution in [0, 0.1) is 0 Å². The van der Waals surface area contributed by atoms with E-state index in [2.05, 4.69) is 12.2 Å². The van der Waals surface area contributed by atoms with Crippen molar-refractivity contribution in [3.05, 3.63) is 29.8 Å². The number of carboxylic acids is 1. The topological polar surface area (TPSA) is 92.4 Å². The van der Waals surface area contributed by atoms with Gasteiger partial charge in [-0.2, -0.15) is 0 Å². The number of nitrogens with one attached hydrogen (secondary N) is 1. The smallest absolute Gasteiger partial charge is 0.303 e. The summed E-state index contributed by atoms with van der Waals surface area (Å²) in [4.78, 5) is 22.2. The molecule has 4 N–H and O–H groups in total. The second-order valence-corrected chi connectivity index (χ2v) is 5.18. The van der Waals surface area contributed by atoms with Crippen LogP contribution in [0.3, 0.4) is 0 Å². The van der Waals surface area contributed by atoms with Crippen molar-refractivity contribution in [1.29, 1.82) is 0 Å². The number of hydrogen-bond acceptors (Lipinski definition) is 3. The molecule has 1 aromatic carbocycles. The Morgan fingerprint density at radius 2 is 1.90 bits per heavy atom. The molecule has 5 nitrogen and oxygen atoms in total. The van der Waals surface area contributed by atoms with Gasteiger partial charge in [0, 0.05) is 12.1 Å². The Morgan fingerprint density at radius 3 is 2.48 bits per heavy atom. The fourth-order valence-corrected chi connectivity index (χ4v) is 1.98. The zero-order valence-electron chi connectivity index (χ0n) is 12.5. The largest absolute Gasteiger partial charge is 0.481 e. The highest BCUT2D eigenvalue weighted by Gasteiger charge is 2.14. The zero-order chi connectivity index (χ0) is 15.7. The molecule has 0 aliphatic carbocycles. The Morgan fingerprint density at radius 1 is 1.24 bits per heavy atom. The van der Waals surface area contributed by atoms with Crippen molar-refractivity contribution in [2.45, 2.75) is 51.5 Å². The number of unbranched alkanes of at least 4 members (excludes halogenated alkanes) is 2. The molecule has 0 aliphatic heterocycles. The van der Waals surface area contributed by atoms with Crippen molar-refractivity contribution >= 4 is 17.6 Å². The zero-order valence-corrected chi connectivity index (χ0v) is 12.5. The Labute approximate surface area is 125 Å². The Hall–Kier alpha value is -1.88. The van der Waals surface area contributed by atoms with Gasteiger partial charge in [0.05, 0.1) is 6.04 Å². The van der Waals surface area contributed by atoms with E-state index in [0.29, 0.717) is 5.69 Å². The van der Waals surface area contributed by atoms with Gasteiger partial charge in [-0.15, -0.1) is 0 Å². The van der Waals surface area contributed by atoms with Gasteiger partial charge < -0.3 is 16.2 Å². The number of aliphatic carboxylic acids is 1. The number of nitrogens with two attached hydrogens (primary N) is 1. The van der Waals surface area contributed by atoms with Gasteiger partial charge in [-0.3, -0.25) is 9.59 Å². The number of anilines is 1. The monoisotopic (exact) mass is 292 g/mol. The summed E-state index contributed by atoms with van der Waals surface area (Å²) >= 11 is 0. The third-order valence-corrected chi connectivity index (χ3v) is 3.30. The number of carbonyl (C=O) groups excluding carboxylic acids is 1. The Kier molecular flexibility index (Phi) is 7.46. The van der Waals surface area contributed by atoms with Gasteiger partial charge in [0.1, 0.15) is 0 Å². The molecule has 0 heterocycles. The van der Waals surface area contributed by atoms with Crippen LogP contribution in [-0.4, -0.2) is 23.0 Å². The van der Waals surface area contributed by atoms with Crippen LogP contribution in [0.25, 0.3) is 0 Å². The molecule has 1 aromatic rings. The highest BCUT2D eigenvalue weighted by atomic mass is 16.4. The summed E-state index contributed by atoms with van der Waals surface area (Å²) in [5.74, 6) is -1.30. The second kappa shape index (κ2) is 9.13. The van der Waals surface area contributed by atoms with Crippen molar-refractivity contribution < 1.29 is 14.7 Å². The van der Waals surface area contributed by atoms with Crippen molar-refractivity contribution in [3.8, 4) is 0 Å². The Balaban J connectivity index is 2.43. The normalized spacial score (nSPS) is 11.9. The van der Waals surface area contributed by atoms with Gasteiger partial charge in [-0.25, -0.2) is 0 Å². The number of rotatable bonds is 9. The van der Waals surface area contributed by atoms with Crippen LogP contribution in [0.2, 0.25) is 0 Å². The number of aryl methyl sites for hydroxylation is 1. The van der Waals surface area contributed by atoms with Crippen molar-refractivity contribution in [3.63, 3.8) is 0 Å². The number of carboxylic acid groups (broad SMARTS) is 1. The van der Waals surface area contributed by atoms with Crippen LogP contribution in [0.1, 0.15) is 44.6 Å². The summed E-state index contributed by atoms with van der Waals surface area (Å²) in [5.41, 5.74) is 7.58. The van der Waals surface area contributed by atoms with Gasteiger partial charge in [0.2, 0.25) is 5.91 Å². The van der Waals surface area contributed by atoms with Crippen LogP contribution >= 0.6 is 0 Å². The average Bonchev–Trinajstić information content (AvgIpc) is 2.46. The van der Waals surface area contributed by atoms with E-state index in [1.165, 1.54) is 24.8 Å². The van der Waals surface area contributed by atoms with Gasteiger partial charge in [-0.05, 0) is 37.0 Å². The third kappa shape index (κ3) is 6.90. The number of carbonyl (C=O) groups is 2. The van der Waals surface area contributed by atoms with Crippen LogP contribution in [0.15, 0.2) is 24.3 Å². The number of benzene rings is 1. The summed E-state index contributed by atoms with van der Waals surface area (Å²) in [6, 6.07) is 6.89. The van der Waals surface area contributed by atoms with Gasteiger partial charge in [-0.1, -0.05) is 31.9 Å². The maximum absolute atomic E-state index is 11.8. The van der Waals surface area contributed by atoms with Gasteiger partial charge in [0.25, 0.3) is 0 Å². The highest BCUT2D eigenvalue weighted by molar-refractivity contribution is 5.94. The summed E-state index contributed by atoms with van der Waals surface area (Å²) in [7, 11) is 0. The molecular formula is C16H24N2O3. The molecule has 1 amide bonds. The minimum absolute atomic E-state index is 0.106. The van der Waals surface area contributed by atoms with Crippen molar-refractivity contribution in [2.75, 3.05) is 5.32 Å². The van der Waals surface area contributed by atoms with E-state index in [-0.39, 0.29) is 18.7 Å². The molecule has 5 heteroatoms. The molecule has 116 valence electrons. The molecule has 0 saturated heterocycles. The quantitative estimate of drug-likeness (QED) is 0.610. The standard InChI is InChI=1S/C16H24N2O3/c1-2-3-4-5-12-6-8-13(9-7-12)18-16(21)14(17)10-11-15(19)20/h6-9,14H,2-5,10-11,17H2,1H3,(H,18,21)(H,19,20). The van der Waals surface area contributed by atoms with Gasteiger partial charge >= 0.3 is 5.97 Å². The van der Waals surface area contributed by atoms with Crippen molar-refractivity contribution in [2.24, 2.45) is 5.73 Å². The minimum Gasteiger partial charge on any atom is -0.481 e. The lowest BCUT2D eigenvalue weighted by Crippen LogP contribution is -2.36. The molecular weight excluding hydrogens is 268 g/mol. The van der Waals surface area contributed by atoms with E-state index in [1.54, 1.807) is 0 Å². The summed E-state index contributed by atoms with van der Waals surface area (Å²) in [6.45, 7) is 2.17. The van der Waals surface area contributed by atoms with Crippen LogP contribution in [0.5, 0.6) is 0 Å². The first-order chi connectivity index (χ1) is 10.0. The molecule has 1 atom stereocenters. The van der Waals surface area contributed by atoms with Crippen LogP contribution in [0.4, 0.5) is 5.69 Å². The lowest BCUT2D eigenvalue weighted by molar-refractivity contribution is -0.137. The molecule has 0 fully saturated rings. The highest BCUT2D eigenvalue weighted by Crippen LogP contribution is 2.13. The van der Waals surface area contributed by atoms with Crippen LogP contribution in [-0.2, 0) is 16.0 Å². The molecule has 0 bridgehead atoms. The first kappa shape index (κ1) is 17.2. The van der Waals surface area contributed by atoms with Crippen LogP contribution < -0.4 is 11.1 Å². The lowest BCUT2D eigenvalue weighted by Gasteiger charge is -2.11. The van der Waals surface area contributed by atoms with E-state index in [4.69, 9.17) is 10.8 Å². The minimum atomic E-state index is -0.949. The average molecular weight is 292 g/mol. The van der Waals surface area contributed by atoms with E-state index in [9.17, 15) is 9.59 Å². The molecule has 0 aliphatic rings. The number of amides is 1. The molecule has 0 aromatic heterocycles. The van der Waals surface area contributed by atoms with E-state index >= 15 is 0 Å². The fourth-order valence-electron chi connectivity index (χ4n) is 1.98. The lowest BCUT2D eigenvalue weighted by atomic mass is 10.1. The third-order valence-electron chi connectivity index (χ3n) is 3.30. The predicted octanol–water partition coefficient (Wildman–Crippen LogP) is 2.55. The van der Waals surface area contributed by atoms with E-state index in [0.717, 1.165) is 6.42 Å².